The maximum atomic E-state index is 9.26. The van der Waals surface area contributed by atoms with E-state index in [0.29, 0.717) is 6.04 Å². The van der Waals surface area contributed by atoms with Crippen LogP contribution in [0.5, 0.6) is 0 Å². The van der Waals surface area contributed by atoms with Gasteiger partial charge in [-0.1, -0.05) is 6.07 Å². The largest absolute Gasteiger partial charge is 0.395 e. The van der Waals surface area contributed by atoms with Gasteiger partial charge in [0, 0.05) is 25.3 Å². The van der Waals surface area contributed by atoms with E-state index in [1.165, 1.54) is 12.0 Å². The maximum absolute atomic E-state index is 9.26. The Morgan fingerprint density at radius 1 is 1.53 bits per heavy atom. The van der Waals surface area contributed by atoms with Crippen molar-refractivity contribution in [2.75, 3.05) is 25.0 Å². The van der Waals surface area contributed by atoms with Crippen LogP contribution in [0.1, 0.15) is 25.3 Å². The van der Waals surface area contributed by atoms with Gasteiger partial charge < -0.3 is 10.4 Å². The summed E-state index contributed by atoms with van der Waals surface area (Å²) < 4.78 is 0. The molecule has 0 aliphatic carbocycles. The number of rotatable bonds is 5. The molecule has 4 nitrogen and oxygen atoms in total. The summed E-state index contributed by atoms with van der Waals surface area (Å²) in [6, 6.07) is 4.46. The zero-order chi connectivity index (χ0) is 12.1. The van der Waals surface area contributed by atoms with Crippen molar-refractivity contribution in [2.24, 2.45) is 0 Å². The third-order valence-corrected chi connectivity index (χ3v) is 3.28. The van der Waals surface area contributed by atoms with Crippen molar-refractivity contribution in [3.8, 4) is 0 Å². The Labute approximate surface area is 103 Å². The molecule has 1 aliphatic rings. The Balaban J connectivity index is 1.94. The number of nitrogens with zero attached hydrogens (tertiary/aromatic N) is 2. The fourth-order valence-electron chi connectivity index (χ4n) is 2.35. The molecular formula is C13H21N3O. The standard InChI is InChI=1S/C13H21N3O/c1-2-14-13-6-5-11(8-15-13)9-16-7-3-4-12(16)10-17/h5-6,8,12,17H,2-4,7,9-10H2,1H3,(H,14,15). The molecule has 1 saturated heterocycles. The normalized spacial score (nSPS) is 20.7. The average Bonchev–Trinajstić information content (AvgIpc) is 2.79. The molecule has 0 radical (unpaired) electrons. The van der Waals surface area contributed by atoms with Crippen LogP contribution in [0.3, 0.4) is 0 Å². The van der Waals surface area contributed by atoms with Crippen molar-refractivity contribution in [3.05, 3.63) is 23.9 Å². The molecule has 2 rings (SSSR count). The summed E-state index contributed by atoms with van der Waals surface area (Å²) in [6.45, 7) is 5.20. The molecule has 0 saturated carbocycles. The number of anilines is 1. The van der Waals surface area contributed by atoms with Gasteiger partial charge >= 0.3 is 0 Å². The predicted octanol–water partition coefficient (Wildman–Crippen LogP) is 1.47. The molecule has 0 amide bonds. The van der Waals surface area contributed by atoms with Gasteiger partial charge in [-0.15, -0.1) is 0 Å². The first-order valence-electron chi connectivity index (χ1n) is 6.37. The van der Waals surface area contributed by atoms with E-state index in [2.05, 4.69) is 28.2 Å². The summed E-state index contributed by atoms with van der Waals surface area (Å²) in [6.07, 6.45) is 4.22. The Kier molecular flexibility index (Phi) is 4.34. The van der Waals surface area contributed by atoms with Gasteiger partial charge in [-0.25, -0.2) is 4.98 Å². The van der Waals surface area contributed by atoms with Crippen LogP contribution >= 0.6 is 0 Å². The number of pyridine rings is 1. The van der Waals surface area contributed by atoms with E-state index < -0.39 is 0 Å². The summed E-state index contributed by atoms with van der Waals surface area (Å²) in [4.78, 5) is 6.70. The monoisotopic (exact) mass is 235 g/mol. The molecule has 2 N–H and O–H groups in total. The van der Waals surface area contributed by atoms with Gasteiger partial charge in [0.2, 0.25) is 0 Å². The predicted molar refractivity (Wildman–Crippen MR) is 68.9 cm³/mol. The highest BCUT2D eigenvalue weighted by Crippen LogP contribution is 2.19. The van der Waals surface area contributed by atoms with Crippen LogP contribution < -0.4 is 5.32 Å². The van der Waals surface area contributed by atoms with Crippen LogP contribution in [-0.2, 0) is 6.54 Å². The van der Waals surface area contributed by atoms with E-state index in [1.54, 1.807) is 0 Å². The minimum absolute atomic E-state index is 0.267. The first-order valence-corrected chi connectivity index (χ1v) is 6.37. The highest BCUT2D eigenvalue weighted by molar-refractivity contribution is 5.35. The molecule has 1 aliphatic heterocycles. The third-order valence-electron chi connectivity index (χ3n) is 3.28. The zero-order valence-electron chi connectivity index (χ0n) is 10.4. The summed E-state index contributed by atoms with van der Waals surface area (Å²) in [7, 11) is 0. The van der Waals surface area contributed by atoms with Crippen molar-refractivity contribution in [1.29, 1.82) is 0 Å². The first-order chi connectivity index (χ1) is 8.33. The van der Waals surface area contributed by atoms with E-state index in [0.717, 1.165) is 31.9 Å². The second-order valence-electron chi connectivity index (χ2n) is 4.53. The fraction of sp³-hybridized carbons (Fsp3) is 0.615. The second kappa shape index (κ2) is 5.98. The summed E-state index contributed by atoms with van der Waals surface area (Å²) >= 11 is 0. The fourth-order valence-corrected chi connectivity index (χ4v) is 2.35. The lowest BCUT2D eigenvalue weighted by Crippen LogP contribution is -2.31. The molecule has 94 valence electrons. The lowest BCUT2D eigenvalue weighted by atomic mass is 10.2. The lowest BCUT2D eigenvalue weighted by molar-refractivity contribution is 0.153. The van der Waals surface area contributed by atoms with Crippen LogP contribution in [0.2, 0.25) is 0 Å². The molecule has 2 heterocycles. The minimum Gasteiger partial charge on any atom is -0.395 e. The van der Waals surface area contributed by atoms with Gasteiger partial charge in [0.1, 0.15) is 5.82 Å². The van der Waals surface area contributed by atoms with Crippen LogP contribution in [-0.4, -0.2) is 40.7 Å². The first kappa shape index (κ1) is 12.3. The Morgan fingerprint density at radius 2 is 2.41 bits per heavy atom. The number of likely N-dealkylation sites (tertiary alicyclic amines) is 1. The smallest absolute Gasteiger partial charge is 0.125 e. The highest BCUT2D eigenvalue weighted by atomic mass is 16.3. The van der Waals surface area contributed by atoms with Crippen LogP contribution in [0.25, 0.3) is 0 Å². The van der Waals surface area contributed by atoms with Crippen LogP contribution in [0.4, 0.5) is 5.82 Å². The summed E-state index contributed by atoms with van der Waals surface area (Å²) in [5.74, 6) is 0.927. The lowest BCUT2D eigenvalue weighted by Gasteiger charge is -2.22. The maximum Gasteiger partial charge on any atom is 0.125 e. The number of hydrogen-bond acceptors (Lipinski definition) is 4. The van der Waals surface area contributed by atoms with E-state index in [1.807, 2.05) is 12.3 Å². The van der Waals surface area contributed by atoms with Crippen molar-refractivity contribution < 1.29 is 5.11 Å². The van der Waals surface area contributed by atoms with E-state index in [-0.39, 0.29) is 6.61 Å². The number of hydrogen-bond donors (Lipinski definition) is 2. The Hall–Kier alpha value is -1.13. The zero-order valence-corrected chi connectivity index (χ0v) is 10.4. The molecule has 0 bridgehead atoms. The molecule has 1 unspecified atom stereocenters. The van der Waals surface area contributed by atoms with Gasteiger partial charge in [0.15, 0.2) is 0 Å². The molecule has 0 aromatic carbocycles. The number of aliphatic hydroxyl groups is 1. The molecule has 1 aromatic heterocycles. The van der Waals surface area contributed by atoms with E-state index in [4.69, 9.17) is 0 Å². The highest BCUT2D eigenvalue weighted by Gasteiger charge is 2.23. The van der Waals surface area contributed by atoms with Crippen molar-refractivity contribution in [1.82, 2.24) is 9.88 Å². The van der Waals surface area contributed by atoms with Gasteiger partial charge in [0.25, 0.3) is 0 Å². The second-order valence-corrected chi connectivity index (χ2v) is 4.53. The molecule has 1 fully saturated rings. The topological polar surface area (TPSA) is 48.4 Å². The SMILES string of the molecule is CCNc1ccc(CN2CCCC2CO)cn1. The van der Waals surface area contributed by atoms with Gasteiger partial charge in [-0.05, 0) is 37.9 Å². The molecular weight excluding hydrogens is 214 g/mol. The van der Waals surface area contributed by atoms with Gasteiger partial charge in [0.05, 0.1) is 6.61 Å². The number of aliphatic hydroxyl groups excluding tert-OH is 1. The average molecular weight is 235 g/mol. The van der Waals surface area contributed by atoms with Crippen molar-refractivity contribution in [2.45, 2.75) is 32.4 Å². The Bertz CT molecular complexity index is 339. The van der Waals surface area contributed by atoms with Crippen LogP contribution in [0.15, 0.2) is 18.3 Å². The Morgan fingerprint density at radius 3 is 3.06 bits per heavy atom. The minimum atomic E-state index is 0.267. The molecule has 0 spiro atoms. The quantitative estimate of drug-likeness (QED) is 0.811. The number of nitrogens with one attached hydrogen (secondary N) is 1. The van der Waals surface area contributed by atoms with E-state index in [9.17, 15) is 5.11 Å². The molecule has 4 heteroatoms. The molecule has 1 aromatic rings. The van der Waals surface area contributed by atoms with Crippen LogP contribution in [0, 0.1) is 0 Å². The van der Waals surface area contributed by atoms with Gasteiger partial charge in [-0.2, -0.15) is 0 Å². The van der Waals surface area contributed by atoms with Crippen molar-refractivity contribution in [3.63, 3.8) is 0 Å². The summed E-state index contributed by atoms with van der Waals surface area (Å²) in [5, 5.41) is 12.4. The van der Waals surface area contributed by atoms with Crippen molar-refractivity contribution >= 4 is 5.82 Å². The third kappa shape index (κ3) is 3.17. The molecule has 17 heavy (non-hydrogen) atoms. The number of aromatic nitrogens is 1. The molecule has 1 atom stereocenters. The summed E-state index contributed by atoms with van der Waals surface area (Å²) in [5.41, 5.74) is 1.21. The van der Waals surface area contributed by atoms with Gasteiger partial charge in [-0.3, -0.25) is 4.90 Å². The van der Waals surface area contributed by atoms with E-state index >= 15 is 0 Å².